The Morgan fingerprint density at radius 2 is 2.11 bits per heavy atom. The second-order valence-corrected chi connectivity index (χ2v) is 5.99. The first-order chi connectivity index (χ1) is 9.10. The molecule has 0 aliphatic heterocycles. The third-order valence-corrected chi connectivity index (χ3v) is 4.58. The number of aromatic nitrogens is 2. The van der Waals surface area contributed by atoms with E-state index in [9.17, 15) is 0 Å². The van der Waals surface area contributed by atoms with E-state index in [2.05, 4.69) is 32.6 Å². The van der Waals surface area contributed by atoms with Gasteiger partial charge in [0.25, 0.3) is 0 Å². The molecule has 6 heteroatoms. The zero-order chi connectivity index (χ0) is 13.8. The van der Waals surface area contributed by atoms with Gasteiger partial charge in [0, 0.05) is 21.8 Å². The molecular weight excluding hydrogens is 398 g/mol. The third kappa shape index (κ3) is 3.94. The summed E-state index contributed by atoms with van der Waals surface area (Å²) in [6.07, 6.45) is 2.07. The van der Waals surface area contributed by atoms with Crippen LogP contribution < -0.4 is 4.74 Å². The number of alkyl halides is 1. The first-order valence-corrected chi connectivity index (χ1v) is 7.43. The van der Waals surface area contributed by atoms with Crippen molar-refractivity contribution in [3.05, 3.63) is 50.4 Å². The molecule has 0 radical (unpaired) electrons. The van der Waals surface area contributed by atoms with Gasteiger partial charge < -0.3 is 4.74 Å². The summed E-state index contributed by atoms with van der Waals surface area (Å²) in [6, 6.07) is 7.60. The highest BCUT2D eigenvalue weighted by atomic mass is 127. The van der Waals surface area contributed by atoms with Crippen LogP contribution in [0.3, 0.4) is 0 Å². The lowest BCUT2D eigenvalue weighted by Crippen LogP contribution is -2.00. The van der Waals surface area contributed by atoms with E-state index in [-0.39, 0.29) is 5.38 Å². The number of ether oxygens (including phenoxy) is 1. The summed E-state index contributed by atoms with van der Waals surface area (Å²) in [5, 5.41) is 0.526. The summed E-state index contributed by atoms with van der Waals surface area (Å²) < 4.78 is 6.07. The molecule has 0 aliphatic carbocycles. The molecular formula is C13H11Cl2IN2O. The molecule has 0 amide bonds. The van der Waals surface area contributed by atoms with Gasteiger partial charge in [-0.2, -0.15) is 0 Å². The zero-order valence-corrected chi connectivity index (χ0v) is 13.8. The van der Waals surface area contributed by atoms with Gasteiger partial charge in [-0.1, -0.05) is 17.7 Å². The fraction of sp³-hybridized carbons (Fsp3) is 0.231. The molecule has 1 aromatic heterocycles. The molecule has 3 nitrogen and oxygen atoms in total. The van der Waals surface area contributed by atoms with Gasteiger partial charge in [0.15, 0.2) is 0 Å². The minimum Gasteiger partial charge on any atom is -0.481 e. The maximum Gasteiger partial charge on any atom is 0.216 e. The Kier molecular flexibility index (Phi) is 5.24. The second kappa shape index (κ2) is 6.72. The van der Waals surface area contributed by atoms with Crippen molar-refractivity contribution in [1.29, 1.82) is 0 Å². The van der Waals surface area contributed by atoms with Crippen LogP contribution >= 0.6 is 45.8 Å². The maximum atomic E-state index is 6.40. The van der Waals surface area contributed by atoms with Gasteiger partial charge in [0.05, 0.1) is 17.5 Å². The van der Waals surface area contributed by atoms with Crippen LogP contribution in [0.2, 0.25) is 5.02 Å². The van der Waals surface area contributed by atoms with Crippen molar-refractivity contribution in [1.82, 2.24) is 9.97 Å². The lowest BCUT2D eigenvalue weighted by molar-refractivity contribution is 0.396. The highest BCUT2D eigenvalue weighted by Crippen LogP contribution is 2.29. The Hall–Kier alpha value is -0.590. The second-order valence-electron chi connectivity index (χ2n) is 3.90. The van der Waals surface area contributed by atoms with E-state index in [1.54, 1.807) is 13.2 Å². The van der Waals surface area contributed by atoms with Gasteiger partial charge in [-0.15, -0.1) is 11.6 Å². The highest BCUT2D eigenvalue weighted by molar-refractivity contribution is 14.1. The quantitative estimate of drug-likeness (QED) is 0.559. The summed E-state index contributed by atoms with van der Waals surface area (Å²) in [7, 11) is 1.57. The molecule has 0 saturated heterocycles. The number of methoxy groups -OCH3 is 1. The Morgan fingerprint density at radius 1 is 1.32 bits per heavy atom. The topological polar surface area (TPSA) is 35.0 Å². The normalized spacial score (nSPS) is 12.2. The molecule has 0 spiro atoms. The number of rotatable bonds is 4. The Morgan fingerprint density at radius 3 is 2.79 bits per heavy atom. The smallest absolute Gasteiger partial charge is 0.216 e. The van der Waals surface area contributed by atoms with E-state index in [1.165, 1.54) is 6.33 Å². The van der Waals surface area contributed by atoms with Crippen molar-refractivity contribution in [3.63, 3.8) is 0 Å². The van der Waals surface area contributed by atoms with Crippen LogP contribution in [0.4, 0.5) is 0 Å². The fourth-order valence-corrected chi connectivity index (χ4v) is 2.43. The Balaban J connectivity index is 2.15. The van der Waals surface area contributed by atoms with Gasteiger partial charge in [0.2, 0.25) is 5.88 Å². The maximum absolute atomic E-state index is 6.40. The minimum atomic E-state index is -0.186. The van der Waals surface area contributed by atoms with Crippen molar-refractivity contribution >= 4 is 45.8 Å². The van der Waals surface area contributed by atoms with Crippen LogP contribution in [0.25, 0.3) is 0 Å². The van der Waals surface area contributed by atoms with E-state index in [0.717, 1.165) is 14.8 Å². The molecule has 0 N–H and O–H groups in total. The summed E-state index contributed by atoms with van der Waals surface area (Å²) in [5.41, 5.74) is 1.81. The van der Waals surface area contributed by atoms with Gasteiger partial charge in [0.1, 0.15) is 6.33 Å². The van der Waals surface area contributed by atoms with Crippen LogP contribution in [-0.2, 0) is 6.42 Å². The number of benzene rings is 1. The molecule has 19 heavy (non-hydrogen) atoms. The standard InChI is InChI=1S/C13H11Cl2IN2O/c1-19-13-6-9(17-7-18-13)5-10(14)8-2-3-12(16)11(15)4-8/h2-4,6-7,10H,5H2,1H3. The predicted octanol–water partition coefficient (Wildman–Crippen LogP) is 4.27. The van der Waals surface area contributed by atoms with E-state index in [4.69, 9.17) is 27.9 Å². The molecule has 1 unspecified atom stereocenters. The number of hydrogen-bond acceptors (Lipinski definition) is 3. The van der Waals surface area contributed by atoms with Crippen molar-refractivity contribution < 1.29 is 4.74 Å². The zero-order valence-electron chi connectivity index (χ0n) is 10.1. The molecule has 0 aliphatic rings. The van der Waals surface area contributed by atoms with Crippen molar-refractivity contribution in [3.8, 4) is 5.88 Å². The highest BCUT2D eigenvalue weighted by Gasteiger charge is 2.12. The molecule has 0 bridgehead atoms. The SMILES string of the molecule is COc1cc(CC(Cl)c2ccc(I)c(Cl)c2)ncn1. The van der Waals surface area contributed by atoms with Crippen molar-refractivity contribution in [2.45, 2.75) is 11.8 Å². The van der Waals surface area contributed by atoms with Crippen molar-refractivity contribution in [2.24, 2.45) is 0 Å². The molecule has 0 saturated carbocycles. The molecule has 2 aromatic rings. The van der Waals surface area contributed by atoms with Crippen LogP contribution in [0, 0.1) is 3.57 Å². The molecule has 2 rings (SSSR count). The average Bonchev–Trinajstić information content (AvgIpc) is 2.42. The molecule has 1 atom stereocenters. The first-order valence-electron chi connectivity index (χ1n) is 5.54. The molecule has 1 aromatic carbocycles. The molecule has 1 heterocycles. The Bertz CT molecular complexity index is 580. The predicted molar refractivity (Wildman–Crippen MR) is 85.1 cm³/mol. The van der Waals surface area contributed by atoms with Crippen LogP contribution in [0.5, 0.6) is 5.88 Å². The van der Waals surface area contributed by atoms with Crippen molar-refractivity contribution in [2.75, 3.05) is 7.11 Å². The van der Waals surface area contributed by atoms with Gasteiger partial charge in [-0.25, -0.2) is 9.97 Å². The van der Waals surface area contributed by atoms with Crippen LogP contribution in [0.1, 0.15) is 16.6 Å². The van der Waals surface area contributed by atoms with E-state index < -0.39 is 0 Å². The summed E-state index contributed by atoms with van der Waals surface area (Å²) in [6.45, 7) is 0. The van der Waals surface area contributed by atoms with Crippen LogP contribution in [-0.4, -0.2) is 17.1 Å². The summed E-state index contributed by atoms with van der Waals surface area (Å²) in [4.78, 5) is 8.15. The largest absolute Gasteiger partial charge is 0.481 e. The Labute approximate surface area is 135 Å². The minimum absolute atomic E-state index is 0.186. The molecule has 100 valence electrons. The monoisotopic (exact) mass is 408 g/mol. The summed E-state index contributed by atoms with van der Waals surface area (Å²) in [5.74, 6) is 0.537. The lowest BCUT2D eigenvalue weighted by atomic mass is 10.1. The van der Waals surface area contributed by atoms with E-state index in [0.29, 0.717) is 17.3 Å². The summed E-state index contributed by atoms with van der Waals surface area (Å²) >= 11 is 14.7. The van der Waals surface area contributed by atoms with Gasteiger partial charge >= 0.3 is 0 Å². The number of halogens is 3. The first kappa shape index (κ1) is 14.8. The number of hydrogen-bond donors (Lipinski definition) is 0. The third-order valence-electron chi connectivity index (χ3n) is 2.60. The van der Waals surface area contributed by atoms with E-state index >= 15 is 0 Å². The average molecular weight is 409 g/mol. The lowest BCUT2D eigenvalue weighted by Gasteiger charge is -2.10. The van der Waals surface area contributed by atoms with E-state index in [1.807, 2.05) is 18.2 Å². The van der Waals surface area contributed by atoms with Crippen LogP contribution in [0.15, 0.2) is 30.6 Å². The van der Waals surface area contributed by atoms with Gasteiger partial charge in [-0.3, -0.25) is 0 Å². The number of nitrogens with zero attached hydrogens (tertiary/aromatic N) is 2. The fourth-order valence-electron chi connectivity index (χ4n) is 1.61. The molecule has 0 fully saturated rings. The van der Waals surface area contributed by atoms with Gasteiger partial charge in [-0.05, 0) is 40.3 Å².